The van der Waals surface area contributed by atoms with Crippen molar-refractivity contribution >= 4 is 17.6 Å². The summed E-state index contributed by atoms with van der Waals surface area (Å²) < 4.78 is 12.6. The summed E-state index contributed by atoms with van der Waals surface area (Å²) >= 11 is 6.79. The Morgan fingerprint density at radius 1 is 0.868 bits per heavy atom. The molecule has 1 aliphatic rings. The summed E-state index contributed by atoms with van der Waals surface area (Å²) in [5, 5.41) is 22.0. The first-order valence-electron chi connectivity index (χ1n) is 18.1. The summed E-state index contributed by atoms with van der Waals surface area (Å²) in [6.45, 7) is 9.17. The Labute approximate surface area is 317 Å². The monoisotopic (exact) mass is 728 g/mol. The molecule has 5 aromatic rings. The summed E-state index contributed by atoms with van der Waals surface area (Å²) in [6.07, 6.45) is 6.35. The van der Waals surface area contributed by atoms with Crippen LogP contribution in [-0.2, 0) is 31.1 Å². The highest BCUT2D eigenvalue weighted by Gasteiger charge is 2.16. The van der Waals surface area contributed by atoms with Crippen molar-refractivity contribution in [2.75, 3.05) is 19.6 Å². The SMILES string of the molecule is Cc1c(COc2cc(OCc3cncc(C#N)c3)c(CNCCCC(=O)O)cc2Cl)cccc1-c1cccc(-c2ccc(CN3CCCC3)cc2)c1C. The van der Waals surface area contributed by atoms with Gasteiger partial charge in [-0.05, 0) is 109 Å². The highest BCUT2D eigenvalue weighted by molar-refractivity contribution is 6.32. The molecule has 0 unspecified atom stereocenters. The number of nitriles is 1. The minimum Gasteiger partial charge on any atom is -0.488 e. The maximum Gasteiger partial charge on any atom is 0.303 e. The van der Waals surface area contributed by atoms with Crippen molar-refractivity contribution in [3.05, 3.63) is 135 Å². The number of aliphatic carboxylic acids is 1. The van der Waals surface area contributed by atoms with Gasteiger partial charge < -0.3 is 19.9 Å². The van der Waals surface area contributed by atoms with Crippen molar-refractivity contribution < 1.29 is 19.4 Å². The molecule has 2 N–H and O–H groups in total. The molecule has 0 saturated carbocycles. The van der Waals surface area contributed by atoms with Crippen molar-refractivity contribution in [2.24, 2.45) is 0 Å². The lowest BCUT2D eigenvalue weighted by Crippen LogP contribution is -2.18. The van der Waals surface area contributed by atoms with Crippen LogP contribution in [0, 0.1) is 25.2 Å². The number of benzene rings is 4. The molecule has 8 nitrogen and oxygen atoms in total. The first kappa shape index (κ1) is 37.6. The number of hydrogen-bond donors (Lipinski definition) is 2. The van der Waals surface area contributed by atoms with Crippen LogP contribution in [0.2, 0.25) is 5.02 Å². The number of hydrogen-bond acceptors (Lipinski definition) is 7. The summed E-state index contributed by atoms with van der Waals surface area (Å²) in [4.78, 5) is 17.6. The molecule has 2 heterocycles. The van der Waals surface area contributed by atoms with E-state index in [-0.39, 0.29) is 13.0 Å². The van der Waals surface area contributed by atoms with Gasteiger partial charge in [-0.2, -0.15) is 5.26 Å². The fraction of sp³-hybridized carbons (Fsp3) is 0.295. The summed E-state index contributed by atoms with van der Waals surface area (Å²) in [7, 11) is 0. The zero-order valence-corrected chi connectivity index (χ0v) is 31.1. The second kappa shape index (κ2) is 18.0. The molecule has 0 atom stereocenters. The molecule has 0 spiro atoms. The average Bonchev–Trinajstić information content (AvgIpc) is 3.68. The van der Waals surface area contributed by atoms with Crippen LogP contribution in [0.5, 0.6) is 11.5 Å². The Morgan fingerprint density at radius 2 is 1.58 bits per heavy atom. The minimum atomic E-state index is -0.827. The third-order valence-corrected chi connectivity index (χ3v) is 10.1. The largest absolute Gasteiger partial charge is 0.488 e. The van der Waals surface area contributed by atoms with E-state index in [1.54, 1.807) is 18.3 Å². The van der Waals surface area contributed by atoms with E-state index in [4.69, 9.17) is 26.2 Å². The lowest BCUT2D eigenvalue weighted by Gasteiger charge is -2.18. The van der Waals surface area contributed by atoms with E-state index in [1.165, 1.54) is 59.9 Å². The summed E-state index contributed by atoms with van der Waals surface area (Å²) in [5.41, 5.74) is 11.6. The number of nitrogens with one attached hydrogen (secondary N) is 1. The predicted molar refractivity (Wildman–Crippen MR) is 209 cm³/mol. The van der Waals surface area contributed by atoms with E-state index in [0.717, 1.165) is 34.4 Å². The van der Waals surface area contributed by atoms with Gasteiger partial charge in [-0.25, -0.2) is 0 Å². The van der Waals surface area contributed by atoms with E-state index in [0.29, 0.717) is 48.2 Å². The van der Waals surface area contributed by atoms with Crippen LogP contribution in [0.1, 0.15) is 64.6 Å². The van der Waals surface area contributed by atoms with Crippen molar-refractivity contribution in [3.8, 4) is 39.8 Å². The molecule has 1 saturated heterocycles. The van der Waals surface area contributed by atoms with Gasteiger partial charge in [0.25, 0.3) is 0 Å². The molecule has 4 aromatic carbocycles. The molecule has 272 valence electrons. The normalized spacial score (nSPS) is 12.8. The third kappa shape index (κ3) is 9.82. The molecule has 0 bridgehead atoms. The summed E-state index contributed by atoms with van der Waals surface area (Å²) in [5.74, 6) is 0.225. The number of carboxylic acids is 1. The standard InChI is InChI=1S/C44H45ClN4O4/c1-30-36(8-5-10-39(30)40-11-6-9-38(31(40)2)35-15-13-32(14-16-35)27-49-18-3-4-19-49)29-53-43-22-42(52-28-34-20-33(23-46)24-48-25-34)37(21-41(43)45)26-47-17-7-12-44(50)51/h5-6,8-11,13-16,20-22,24-25,47H,3-4,7,12,17-19,26-29H2,1-2H3,(H,50,51). The molecule has 1 fully saturated rings. The smallest absolute Gasteiger partial charge is 0.303 e. The Kier molecular flexibility index (Phi) is 12.8. The number of nitrogens with zero attached hydrogens (tertiary/aromatic N) is 3. The fourth-order valence-corrected chi connectivity index (χ4v) is 7.09. The third-order valence-electron chi connectivity index (χ3n) is 9.82. The van der Waals surface area contributed by atoms with Gasteiger partial charge in [0.2, 0.25) is 0 Å². The Hall–Kier alpha value is -5.20. The number of rotatable bonds is 16. The Bertz CT molecular complexity index is 2090. The zero-order chi connectivity index (χ0) is 37.2. The van der Waals surface area contributed by atoms with Crippen LogP contribution < -0.4 is 14.8 Å². The van der Waals surface area contributed by atoms with Crippen LogP contribution >= 0.6 is 11.6 Å². The van der Waals surface area contributed by atoms with Crippen LogP contribution in [-0.4, -0.2) is 40.6 Å². The molecule has 53 heavy (non-hydrogen) atoms. The van der Waals surface area contributed by atoms with E-state index in [2.05, 4.69) is 95.8 Å². The van der Waals surface area contributed by atoms with E-state index < -0.39 is 5.97 Å². The molecule has 0 radical (unpaired) electrons. The number of halogens is 1. The minimum absolute atomic E-state index is 0.0879. The molecular formula is C44H45ClN4O4. The molecule has 1 aliphatic heterocycles. The number of carboxylic acid groups (broad SMARTS) is 1. The first-order valence-corrected chi connectivity index (χ1v) is 18.5. The zero-order valence-electron chi connectivity index (χ0n) is 30.3. The van der Waals surface area contributed by atoms with Gasteiger partial charge in [-0.1, -0.05) is 72.3 Å². The molecule has 6 rings (SSSR count). The van der Waals surface area contributed by atoms with E-state index in [9.17, 15) is 10.1 Å². The molecule has 0 aliphatic carbocycles. The second-order valence-corrected chi connectivity index (χ2v) is 14.0. The highest BCUT2D eigenvalue weighted by Crippen LogP contribution is 2.37. The van der Waals surface area contributed by atoms with E-state index in [1.807, 2.05) is 6.07 Å². The maximum atomic E-state index is 10.9. The van der Waals surface area contributed by atoms with Gasteiger partial charge in [0.1, 0.15) is 30.8 Å². The topological polar surface area (TPSA) is 108 Å². The molecule has 1 aromatic heterocycles. The van der Waals surface area contributed by atoms with Crippen LogP contribution in [0.3, 0.4) is 0 Å². The van der Waals surface area contributed by atoms with Crippen molar-refractivity contribution in [3.63, 3.8) is 0 Å². The highest BCUT2D eigenvalue weighted by atomic mass is 35.5. The number of carbonyl (C=O) groups is 1. The number of ether oxygens (including phenoxy) is 2. The predicted octanol–water partition coefficient (Wildman–Crippen LogP) is 9.27. The average molecular weight is 729 g/mol. The number of aromatic nitrogens is 1. The maximum absolute atomic E-state index is 10.9. The van der Waals surface area contributed by atoms with Crippen molar-refractivity contribution in [2.45, 2.75) is 65.8 Å². The van der Waals surface area contributed by atoms with Crippen molar-refractivity contribution in [1.82, 2.24) is 15.2 Å². The quantitative estimate of drug-likeness (QED) is 0.0969. The van der Waals surface area contributed by atoms with Gasteiger partial charge in [0, 0.05) is 49.1 Å². The fourth-order valence-electron chi connectivity index (χ4n) is 6.85. The summed E-state index contributed by atoms with van der Waals surface area (Å²) in [6, 6.07) is 29.3. The first-order chi connectivity index (χ1) is 25.8. The van der Waals surface area contributed by atoms with E-state index >= 15 is 0 Å². The van der Waals surface area contributed by atoms with Gasteiger partial charge in [0.05, 0.1) is 10.6 Å². The Balaban J connectivity index is 1.19. The van der Waals surface area contributed by atoms with Crippen molar-refractivity contribution in [1.29, 1.82) is 5.26 Å². The molecule has 0 amide bonds. The Morgan fingerprint density at radius 3 is 2.34 bits per heavy atom. The van der Waals surface area contributed by atoms with Crippen LogP contribution in [0.25, 0.3) is 22.3 Å². The van der Waals surface area contributed by atoms with Gasteiger partial charge >= 0.3 is 5.97 Å². The van der Waals surface area contributed by atoms with Gasteiger partial charge in [-0.3, -0.25) is 14.7 Å². The number of likely N-dealkylation sites (tertiary alicyclic amines) is 1. The van der Waals surface area contributed by atoms with Gasteiger partial charge in [-0.15, -0.1) is 0 Å². The number of pyridine rings is 1. The van der Waals surface area contributed by atoms with Crippen LogP contribution in [0.15, 0.2) is 91.3 Å². The molecule has 9 heteroatoms. The van der Waals surface area contributed by atoms with Gasteiger partial charge in [0.15, 0.2) is 0 Å². The molecular weight excluding hydrogens is 684 g/mol. The lowest BCUT2D eigenvalue weighted by atomic mass is 9.89. The van der Waals surface area contributed by atoms with Crippen LogP contribution in [0.4, 0.5) is 0 Å². The second-order valence-electron chi connectivity index (χ2n) is 13.6. The lowest BCUT2D eigenvalue weighted by molar-refractivity contribution is -0.137.